The highest BCUT2D eigenvalue weighted by Gasteiger charge is 2.30. The molecule has 1 aromatic heterocycles. The quantitative estimate of drug-likeness (QED) is 0.840. The van der Waals surface area contributed by atoms with Crippen LogP contribution in [0.4, 0.5) is 0 Å². The van der Waals surface area contributed by atoms with Gasteiger partial charge in [-0.15, -0.1) is 0 Å². The molecule has 0 bridgehead atoms. The van der Waals surface area contributed by atoms with Crippen LogP contribution in [0.2, 0.25) is 0 Å². The third-order valence-corrected chi connectivity index (χ3v) is 4.92. The van der Waals surface area contributed by atoms with Crippen molar-refractivity contribution >= 4 is 6.08 Å². The SMILES string of the molecule is C(=C\c1ccccc1)/CN[C@H]1CCCN(Cc2noc(C3CC3)n2)C1. The highest BCUT2D eigenvalue weighted by molar-refractivity contribution is 5.48. The van der Waals surface area contributed by atoms with Gasteiger partial charge in [0.2, 0.25) is 5.89 Å². The molecule has 1 saturated carbocycles. The van der Waals surface area contributed by atoms with Crippen LogP contribution in [-0.4, -0.2) is 40.7 Å². The van der Waals surface area contributed by atoms with Gasteiger partial charge in [-0.2, -0.15) is 4.98 Å². The Morgan fingerprint density at radius 2 is 2.08 bits per heavy atom. The van der Waals surface area contributed by atoms with E-state index >= 15 is 0 Å². The zero-order valence-corrected chi connectivity index (χ0v) is 14.6. The molecule has 1 aliphatic heterocycles. The lowest BCUT2D eigenvalue weighted by Gasteiger charge is -2.32. The first-order valence-electron chi connectivity index (χ1n) is 9.36. The van der Waals surface area contributed by atoms with Crippen LogP contribution in [0.3, 0.4) is 0 Å². The van der Waals surface area contributed by atoms with E-state index < -0.39 is 0 Å². The largest absolute Gasteiger partial charge is 0.339 e. The zero-order chi connectivity index (χ0) is 16.9. The summed E-state index contributed by atoms with van der Waals surface area (Å²) in [4.78, 5) is 6.98. The van der Waals surface area contributed by atoms with Crippen molar-refractivity contribution < 1.29 is 4.52 Å². The van der Waals surface area contributed by atoms with Crippen LogP contribution >= 0.6 is 0 Å². The number of rotatable bonds is 7. The Balaban J connectivity index is 1.22. The fourth-order valence-corrected chi connectivity index (χ4v) is 3.39. The van der Waals surface area contributed by atoms with E-state index in [0.29, 0.717) is 12.0 Å². The molecule has 2 aliphatic rings. The topological polar surface area (TPSA) is 54.2 Å². The lowest BCUT2D eigenvalue weighted by atomic mass is 10.1. The van der Waals surface area contributed by atoms with Gasteiger partial charge in [-0.25, -0.2) is 0 Å². The summed E-state index contributed by atoms with van der Waals surface area (Å²) in [6.07, 6.45) is 9.23. The maximum atomic E-state index is 5.37. The maximum absolute atomic E-state index is 5.37. The maximum Gasteiger partial charge on any atom is 0.229 e. The van der Waals surface area contributed by atoms with Crippen LogP contribution in [-0.2, 0) is 6.54 Å². The summed E-state index contributed by atoms with van der Waals surface area (Å²) in [7, 11) is 0. The minimum Gasteiger partial charge on any atom is -0.339 e. The van der Waals surface area contributed by atoms with Gasteiger partial charge in [0.25, 0.3) is 0 Å². The number of hydrogen-bond donors (Lipinski definition) is 1. The molecule has 4 rings (SSSR count). The van der Waals surface area contributed by atoms with E-state index in [1.807, 2.05) is 6.07 Å². The second kappa shape index (κ2) is 7.93. The van der Waals surface area contributed by atoms with Crippen LogP contribution < -0.4 is 5.32 Å². The van der Waals surface area contributed by atoms with Crippen LogP contribution in [0.25, 0.3) is 6.08 Å². The molecule has 132 valence electrons. The van der Waals surface area contributed by atoms with Gasteiger partial charge in [0.05, 0.1) is 6.54 Å². The molecular formula is C20H26N4O. The Hall–Kier alpha value is -1.98. The Labute approximate surface area is 149 Å². The van der Waals surface area contributed by atoms with E-state index in [0.717, 1.165) is 37.9 Å². The average molecular weight is 338 g/mol. The number of nitrogens with one attached hydrogen (secondary N) is 1. The number of benzene rings is 1. The molecule has 1 N–H and O–H groups in total. The van der Waals surface area contributed by atoms with Gasteiger partial charge in [0, 0.05) is 25.0 Å². The van der Waals surface area contributed by atoms with Gasteiger partial charge in [-0.05, 0) is 37.8 Å². The molecule has 2 heterocycles. The van der Waals surface area contributed by atoms with Crippen molar-refractivity contribution in [3.63, 3.8) is 0 Å². The third kappa shape index (κ3) is 4.77. The van der Waals surface area contributed by atoms with Crippen molar-refractivity contribution in [1.82, 2.24) is 20.4 Å². The number of aromatic nitrogens is 2. The molecule has 1 aliphatic carbocycles. The Morgan fingerprint density at radius 3 is 2.92 bits per heavy atom. The minimum absolute atomic E-state index is 0.531. The normalized spacial score (nSPS) is 21.8. The van der Waals surface area contributed by atoms with E-state index in [4.69, 9.17) is 4.52 Å². The molecule has 1 atom stereocenters. The number of hydrogen-bond acceptors (Lipinski definition) is 5. The Morgan fingerprint density at radius 1 is 1.20 bits per heavy atom. The fourth-order valence-electron chi connectivity index (χ4n) is 3.39. The van der Waals surface area contributed by atoms with Gasteiger partial charge in [-0.3, -0.25) is 4.90 Å². The van der Waals surface area contributed by atoms with Crippen molar-refractivity contribution in [3.8, 4) is 0 Å². The van der Waals surface area contributed by atoms with Crippen molar-refractivity contribution in [2.24, 2.45) is 0 Å². The second-order valence-electron chi connectivity index (χ2n) is 7.12. The van der Waals surface area contributed by atoms with Crippen molar-refractivity contribution in [1.29, 1.82) is 0 Å². The van der Waals surface area contributed by atoms with Crippen LogP contribution in [0, 0.1) is 0 Å². The van der Waals surface area contributed by atoms with E-state index in [1.54, 1.807) is 0 Å². The summed E-state index contributed by atoms with van der Waals surface area (Å²) in [6, 6.07) is 11.0. The first-order valence-corrected chi connectivity index (χ1v) is 9.36. The first-order chi connectivity index (χ1) is 12.4. The van der Waals surface area contributed by atoms with Gasteiger partial charge in [0.1, 0.15) is 0 Å². The van der Waals surface area contributed by atoms with E-state index in [1.165, 1.54) is 31.2 Å². The van der Waals surface area contributed by atoms with Crippen LogP contribution in [0.15, 0.2) is 40.9 Å². The summed E-state index contributed by atoms with van der Waals surface area (Å²) in [5.74, 6) is 2.22. The molecule has 1 aromatic carbocycles. The molecular weight excluding hydrogens is 312 g/mol. The van der Waals surface area contributed by atoms with Gasteiger partial charge in [0.15, 0.2) is 5.82 Å². The van der Waals surface area contributed by atoms with Crippen LogP contribution in [0.1, 0.15) is 48.9 Å². The van der Waals surface area contributed by atoms with Crippen molar-refractivity contribution in [2.45, 2.75) is 44.2 Å². The van der Waals surface area contributed by atoms with Crippen LogP contribution in [0.5, 0.6) is 0 Å². The third-order valence-electron chi connectivity index (χ3n) is 4.92. The second-order valence-corrected chi connectivity index (χ2v) is 7.12. The van der Waals surface area contributed by atoms with E-state index in [2.05, 4.69) is 56.8 Å². The zero-order valence-electron chi connectivity index (χ0n) is 14.6. The number of likely N-dealkylation sites (tertiary alicyclic amines) is 1. The number of piperidine rings is 1. The molecule has 25 heavy (non-hydrogen) atoms. The molecule has 2 fully saturated rings. The van der Waals surface area contributed by atoms with Crippen molar-refractivity contribution in [3.05, 3.63) is 53.7 Å². The summed E-state index contributed by atoms with van der Waals surface area (Å²) >= 11 is 0. The Kier molecular flexibility index (Phi) is 5.23. The minimum atomic E-state index is 0.531. The lowest BCUT2D eigenvalue weighted by Crippen LogP contribution is -2.45. The predicted molar refractivity (Wildman–Crippen MR) is 98.1 cm³/mol. The predicted octanol–water partition coefficient (Wildman–Crippen LogP) is 3.21. The lowest BCUT2D eigenvalue weighted by molar-refractivity contribution is 0.180. The molecule has 5 nitrogen and oxygen atoms in total. The van der Waals surface area contributed by atoms with E-state index in [9.17, 15) is 0 Å². The summed E-state index contributed by atoms with van der Waals surface area (Å²) in [6.45, 7) is 3.87. The number of nitrogens with zero attached hydrogens (tertiary/aromatic N) is 3. The summed E-state index contributed by atoms with van der Waals surface area (Å²) in [5, 5.41) is 7.79. The van der Waals surface area contributed by atoms with Gasteiger partial charge >= 0.3 is 0 Å². The molecule has 2 aromatic rings. The summed E-state index contributed by atoms with van der Waals surface area (Å²) < 4.78 is 5.37. The molecule has 0 radical (unpaired) electrons. The Bertz CT molecular complexity index is 693. The standard InChI is InChI=1S/C20H26N4O/c1-2-6-16(7-3-1)8-4-12-21-18-9-5-13-24(14-18)15-19-22-20(25-23-19)17-10-11-17/h1-4,6-8,17-18,21H,5,9-15H2/b8-4+/t18-/m0/s1. The van der Waals surface area contributed by atoms with Crippen molar-refractivity contribution in [2.75, 3.05) is 19.6 Å². The fraction of sp³-hybridized carbons (Fsp3) is 0.500. The highest BCUT2D eigenvalue weighted by atomic mass is 16.5. The molecule has 1 saturated heterocycles. The summed E-state index contributed by atoms with van der Waals surface area (Å²) in [5.41, 5.74) is 1.25. The molecule has 0 unspecified atom stereocenters. The molecule has 0 spiro atoms. The monoisotopic (exact) mass is 338 g/mol. The average Bonchev–Trinajstić information content (AvgIpc) is 3.40. The molecule has 5 heteroatoms. The smallest absolute Gasteiger partial charge is 0.229 e. The molecule has 0 amide bonds. The first kappa shape index (κ1) is 16.5. The van der Waals surface area contributed by atoms with E-state index in [-0.39, 0.29) is 0 Å². The van der Waals surface area contributed by atoms with Gasteiger partial charge in [-0.1, -0.05) is 47.6 Å². The highest BCUT2D eigenvalue weighted by Crippen LogP contribution is 2.38. The van der Waals surface area contributed by atoms with Gasteiger partial charge < -0.3 is 9.84 Å².